The Kier molecular flexibility index (Phi) is 6.23. The Bertz CT molecular complexity index is 939. The second-order valence-corrected chi connectivity index (χ2v) is 6.17. The lowest BCUT2D eigenvalue weighted by molar-refractivity contribution is -0.145. The molecule has 2 aromatic rings. The smallest absolute Gasteiger partial charge is 0.344 e. The molecule has 150 valence electrons. The minimum atomic E-state index is -0.542. The molecular weight excluding hydrogens is 379 g/mol. The fourth-order valence-electron chi connectivity index (χ4n) is 2.66. The van der Waals surface area contributed by atoms with Gasteiger partial charge >= 0.3 is 12.0 Å². The highest BCUT2D eigenvalue weighted by molar-refractivity contribution is 6.13. The van der Waals surface area contributed by atoms with Crippen molar-refractivity contribution in [3.8, 4) is 5.75 Å². The molecule has 3 rings (SSSR count). The average Bonchev–Trinajstić information content (AvgIpc) is 2.97. The molecule has 1 heterocycles. The quantitative estimate of drug-likeness (QED) is 0.440. The number of esters is 1. The number of carbonyl (C=O) groups is 3. The summed E-state index contributed by atoms with van der Waals surface area (Å²) in [5.74, 6) is -0.845. The number of amides is 3. The van der Waals surface area contributed by atoms with Crippen LogP contribution in [0.2, 0.25) is 0 Å². The maximum absolute atomic E-state index is 13.0. The first-order valence-electron chi connectivity index (χ1n) is 8.93. The number of imide groups is 1. The van der Waals surface area contributed by atoms with Gasteiger partial charge in [0.2, 0.25) is 0 Å². The highest BCUT2D eigenvalue weighted by Gasteiger charge is 2.33. The van der Waals surface area contributed by atoms with E-state index in [0.29, 0.717) is 16.9 Å². The van der Waals surface area contributed by atoms with E-state index in [1.165, 1.54) is 24.3 Å². The van der Waals surface area contributed by atoms with E-state index in [0.717, 1.165) is 4.90 Å². The molecule has 7 nitrogen and oxygen atoms in total. The molecule has 3 amide bonds. The van der Waals surface area contributed by atoms with Gasteiger partial charge in [-0.3, -0.25) is 9.69 Å². The highest BCUT2D eigenvalue weighted by atomic mass is 19.1. The molecule has 0 aliphatic carbocycles. The third-order valence-electron chi connectivity index (χ3n) is 4.07. The Morgan fingerprint density at radius 3 is 2.45 bits per heavy atom. The van der Waals surface area contributed by atoms with E-state index in [1.807, 2.05) is 0 Å². The van der Waals surface area contributed by atoms with Crippen molar-refractivity contribution in [3.63, 3.8) is 0 Å². The van der Waals surface area contributed by atoms with Crippen molar-refractivity contribution in [2.24, 2.45) is 0 Å². The number of benzene rings is 2. The first kappa shape index (κ1) is 20.1. The van der Waals surface area contributed by atoms with Crippen molar-refractivity contribution in [1.29, 1.82) is 0 Å². The maximum Gasteiger partial charge on any atom is 0.344 e. The molecule has 1 N–H and O–H groups in total. The topological polar surface area (TPSA) is 84.9 Å². The largest absolute Gasteiger partial charge is 0.482 e. The van der Waals surface area contributed by atoms with Crippen LogP contribution in [0.3, 0.4) is 0 Å². The number of nitrogens with one attached hydrogen (secondary N) is 1. The molecule has 1 aliphatic heterocycles. The maximum atomic E-state index is 13.0. The van der Waals surface area contributed by atoms with Gasteiger partial charge in [0.05, 0.1) is 13.2 Å². The molecule has 0 unspecified atom stereocenters. The van der Waals surface area contributed by atoms with Gasteiger partial charge in [0.1, 0.15) is 17.3 Å². The number of nitrogens with zero attached hydrogens (tertiary/aromatic N) is 1. The van der Waals surface area contributed by atoms with Crippen molar-refractivity contribution in [1.82, 2.24) is 10.2 Å². The molecule has 8 heteroatoms. The average molecular weight is 398 g/mol. The Labute approximate surface area is 166 Å². The molecule has 2 aromatic carbocycles. The molecule has 0 bridgehead atoms. The zero-order valence-corrected chi connectivity index (χ0v) is 15.7. The lowest BCUT2D eigenvalue weighted by atomic mass is 10.1. The van der Waals surface area contributed by atoms with Crippen molar-refractivity contribution in [2.75, 3.05) is 13.2 Å². The third kappa shape index (κ3) is 5.19. The minimum absolute atomic E-state index is 0.0446. The zero-order chi connectivity index (χ0) is 20.8. The minimum Gasteiger partial charge on any atom is -0.482 e. The van der Waals surface area contributed by atoms with Gasteiger partial charge in [0.25, 0.3) is 5.91 Å². The van der Waals surface area contributed by atoms with Crippen LogP contribution in [0, 0.1) is 5.82 Å². The second-order valence-electron chi connectivity index (χ2n) is 6.17. The highest BCUT2D eigenvalue weighted by Crippen LogP contribution is 2.19. The lowest BCUT2D eigenvalue weighted by Gasteiger charge is -2.11. The summed E-state index contributed by atoms with van der Waals surface area (Å²) in [7, 11) is 0. The summed E-state index contributed by atoms with van der Waals surface area (Å²) >= 11 is 0. The van der Waals surface area contributed by atoms with Crippen LogP contribution in [0.1, 0.15) is 18.1 Å². The van der Waals surface area contributed by atoms with Crippen LogP contribution < -0.4 is 10.1 Å². The molecule has 1 fully saturated rings. The summed E-state index contributed by atoms with van der Waals surface area (Å²) in [6, 6.07) is 11.7. The van der Waals surface area contributed by atoms with E-state index >= 15 is 0 Å². The Morgan fingerprint density at radius 2 is 1.79 bits per heavy atom. The van der Waals surface area contributed by atoms with E-state index in [4.69, 9.17) is 9.47 Å². The molecular formula is C21H19FN2O5. The summed E-state index contributed by atoms with van der Waals surface area (Å²) in [5, 5.41) is 2.53. The SMILES string of the molecule is CCOC(=O)COc1ccc(/C=C2/NC(=O)N(Cc3ccc(F)cc3)C2=O)cc1. The Hall–Kier alpha value is -3.68. The fraction of sp³-hybridized carbons (Fsp3) is 0.190. The Morgan fingerprint density at radius 1 is 1.10 bits per heavy atom. The van der Waals surface area contributed by atoms with Crippen molar-refractivity contribution in [2.45, 2.75) is 13.5 Å². The van der Waals surface area contributed by atoms with Gasteiger partial charge in [-0.05, 0) is 48.4 Å². The van der Waals surface area contributed by atoms with Crippen molar-refractivity contribution in [3.05, 3.63) is 71.2 Å². The first-order chi connectivity index (χ1) is 14.0. The first-order valence-corrected chi connectivity index (χ1v) is 8.93. The van der Waals surface area contributed by atoms with E-state index < -0.39 is 17.9 Å². The van der Waals surface area contributed by atoms with E-state index in [-0.39, 0.29) is 31.3 Å². The van der Waals surface area contributed by atoms with Crippen LogP contribution in [0.25, 0.3) is 6.08 Å². The van der Waals surface area contributed by atoms with Crippen LogP contribution in [0.4, 0.5) is 9.18 Å². The van der Waals surface area contributed by atoms with Crippen LogP contribution in [0.5, 0.6) is 5.75 Å². The number of halogens is 1. The molecule has 0 atom stereocenters. The number of ether oxygens (including phenoxy) is 2. The monoisotopic (exact) mass is 398 g/mol. The van der Waals surface area contributed by atoms with Gasteiger partial charge in [-0.1, -0.05) is 24.3 Å². The molecule has 1 aliphatic rings. The normalized spacial score (nSPS) is 14.8. The molecule has 0 spiro atoms. The van der Waals surface area contributed by atoms with Crippen LogP contribution in [-0.2, 0) is 20.9 Å². The molecule has 0 aromatic heterocycles. The van der Waals surface area contributed by atoms with E-state index in [9.17, 15) is 18.8 Å². The van der Waals surface area contributed by atoms with Gasteiger partial charge < -0.3 is 14.8 Å². The third-order valence-corrected chi connectivity index (χ3v) is 4.07. The fourth-order valence-corrected chi connectivity index (χ4v) is 2.66. The zero-order valence-electron chi connectivity index (χ0n) is 15.7. The molecule has 0 radical (unpaired) electrons. The van der Waals surface area contributed by atoms with Gasteiger partial charge in [0.15, 0.2) is 6.61 Å². The van der Waals surface area contributed by atoms with Crippen LogP contribution in [0.15, 0.2) is 54.2 Å². The van der Waals surface area contributed by atoms with Gasteiger partial charge in [-0.15, -0.1) is 0 Å². The summed E-state index contributed by atoms with van der Waals surface area (Å²) in [4.78, 5) is 37.0. The number of carbonyl (C=O) groups excluding carboxylic acids is 3. The predicted octanol–water partition coefficient (Wildman–Crippen LogP) is 2.86. The molecule has 1 saturated heterocycles. The number of hydrogen-bond acceptors (Lipinski definition) is 5. The molecule has 0 saturated carbocycles. The summed E-state index contributed by atoms with van der Waals surface area (Å²) < 4.78 is 23.1. The van der Waals surface area contributed by atoms with Crippen molar-refractivity contribution < 1.29 is 28.2 Å². The van der Waals surface area contributed by atoms with E-state index in [2.05, 4.69) is 5.32 Å². The summed E-state index contributed by atoms with van der Waals surface area (Å²) in [6.07, 6.45) is 1.54. The lowest BCUT2D eigenvalue weighted by Crippen LogP contribution is -2.30. The van der Waals surface area contributed by atoms with Gasteiger partial charge in [-0.25, -0.2) is 14.0 Å². The van der Waals surface area contributed by atoms with Gasteiger partial charge in [-0.2, -0.15) is 0 Å². The molecule has 29 heavy (non-hydrogen) atoms. The predicted molar refractivity (Wildman–Crippen MR) is 102 cm³/mol. The summed E-state index contributed by atoms with van der Waals surface area (Å²) in [5.41, 5.74) is 1.44. The second kappa shape index (κ2) is 9.01. The Balaban J connectivity index is 1.64. The van der Waals surface area contributed by atoms with Crippen LogP contribution in [-0.4, -0.2) is 36.0 Å². The number of hydrogen-bond donors (Lipinski definition) is 1. The van der Waals surface area contributed by atoms with Crippen LogP contribution >= 0.6 is 0 Å². The summed E-state index contributed by atoms with van der Waals surface area (Å²) in [6.45, 7) is 1.85. The standard InChI is InChI=1S/C21H19FN2O5/c1-2-28-19(25)13-29-17-9-5-14(6-10-17)11-18-20(26)24(21(27)23-18)12-15-3-7-16(22)8-4-15/h3-11H,2,12-13H2,1H3,(H,23,27)/b18-11+. The number of rotatable bonds is 7. The van der Waals surface area contributed by atoms with E-state index in [1.54, 1.807) is 37.3 Å². The van der Waals surface area contributed by atoms with Gasteiger partial charge in [0, 0.05) is 0 Å². The number of urea groups is 1. The van der Waals surface area contributed by atoms with Crippen molar-refractivity contribution >= 4 is 24.0 Å².